The van der Waals surface area contributed by atoms with E-state index < -0.39 is 16.1 Å². The minimum Gasteiger partial charge on any atom is -0.394 e. The minimum absolute atomic E-state index is 0.0268. The van der Waals surface area contributed by atoms with Crippen LogP contribution in [0.4, 0.5) is 0 Å². The van der Waals surface area contributed by atoms with Crippen molar-refractivity contribution in [2.24, 2.45) is 0 Å². The summed E-state index contributed by atoms with van der Waals surface area (Å²) in [5, 5.41) is 9.68. The van der Waals surface area contributed by atoms with E-state index in [9.17, 15) is 18.3 Å². The van der Waals surface area contributed by atoms with Gasteiger partial charge in [-0.3, -0.25) is 9.69 Å². The number of aromatic nitrogens is 1. The second-order valence-electron chi connectivity index (χ2n) is 7.28. The predicted octanol–water partition coefficient (Wildman–Crippen LogP) is -0.319. The molecule has 3 aliphatic heterocycles. The van der Waals surface area contributed by atoms with E-state index in [-0.39, 0.29) is 17.5 Å². The van der Waals surface area contributed by atoms with Crippen LogP contribution in [0.2, 0.25) is 0 Å². The molecule has 0 saturated carbocycles. The molecule has 1 amide bonds. The maximum atomic E-state index is 12.6. The molecule has 146 valence electrons. The van der Waals surface area contributed by atoms with Crippen LogP contribution >= 0.6 is 0 Å². The van der Waals surface area contributed by atoms with Crippen LogP contribution in [-0.4, -0.2) is 90.4 Å². The molecule has 4 heterocycles. The molecule has 1 N–H and O–H groups in total. The van der Waals surface area contributed by atoms with E-state index in [1.807, 2.05) is 0 Å². The lowest BCUT2D eigenvalue weighted by Gasteiger charge is -2.43. The Morgan fingerprint density at radius 3 is 2.37 bits per heavy atom. The van der Waals surface area contributed by atoms with Gasteiger partial charge >= 0.3 is 0 Å². The fourth-order valence-electron chi connectivity index (χ4n) is 3.81. The lowest BCUT2D eigenvalue weighted by molar-refractivity contribution is -0.139. The molecule has 1 unspecified atom stereocenters. The van der Waals surface area contributed by atoms with Crippen molar-refractivity contribution < 1.29 is 18.3 Å². The van der Waals surface area contributed by atoms with Gasteiger partial charge in [-0.15, -0.1) is 0 Å². The number of hydrogen-bond donors (Lipinski definition) is 1. The van der Waals surface area contributed by atoms with Crippen molar-refractivity contribution in [3.05, 3.63) is 35.5 Å². The number of aliphatic hydroxyl groups excluding tert-OH is 1. The average Bonchev–Trinajstić information content (AvgIpc) is 3.11. The molecule has 0 bridgehead atoms. The molecule has 27 heavy (non-hydrogen) atoms. The van der Waals surface area contributed by atoms with Crippen LogP contribution in [0.25, 0.3) is 0 Å². The first-order chi connectivity index (χ1) is 13.0. The van der Waals surface area contributed by atoms with Gasteiger partial charge in [0.05, 0.1) is 6.61 Å². The molecule has 3 saturated heterocycles. The largest absolute Gasteiger partial charge is 0.394 e. The molecule has 0 radical (unpaired) electrons. The third-order valence-electron chi connectivity index (χ3n) is 5.59. The van der Waals surface area contributed by atoms with Crippen LogP contribution in [0.5, 0.6) is 0 Å². The van der Waals surface area contributed by atoms with Crippen molar-refractivity contribution in [3.8, 4) is 0 Å². The zero-order valence-electron chi connectivity index (χ0n) is 15.1. The summed E-state index contributed by atoms with van der Waals surface area (Å²) >= 11 is 0. The van der Waals surface area contributed by atoms with Crippen LogP contribution < -0.4 is 0 Å². The van der Waals surface area contributed by atoms with Crippen LogP contribution in [0.15, 0.2) is 40.6 Å². The van der Waals surface area contributed by atoms with E-state index in [1.165, 1.54) is 16.6 Å². The van der Waals surface area contributed by atoms with Crippen molar-refractivity contribution in [2.75, 3.05) is 45.9 Å². The van der Waals surface area contributed by atoms with Crippen LogP contribution in [0.3, 0.4) is 0 Å². The van der Waals surface area contributed by atoms with Gasteiger partial charge in [-0.05, 0) is 49.2 Å². The Balaban J connectivity index is 1.34. The van der Waals surface area contributed by atoms with Gasteiger partial charge < -0.3 is 10.0 Å². The lowest BCUT2D eigenvalue weighted by atomic mass is 9.96. The van der Waals surface area contributed by atoms with Crippen molar-refractivity contribution in [3.63, 3.8) is 0 Å². The molecule has 1 atom stereocenters. The van der Waals surface area contributed by atoms with Crippen molar-refractivity contribution in [1.29, 1.82) is 0 Å². The van der Waals surface area contributed by atoms with Crippen LogP contribution in [0, 0.1) is 0 Å². The monoisotopic (exact) mass is 392 g/mol. The van der Waals surface area contributed by atoms with Crippen molar-refractivity contribution >= 4 is 15.9 Å². The van der Waals surface area contributed by atoms with Crippen molar-refractivity contribution in [2.45, 2.75) is 23.9 Å². The summed E-state index contributed by atoms with van der Waals surface area (Å²) in [7, 11) is -3.54. The third kappa shape index (κ3) is 3.40. The highest BCUT2D eigenvalue weighted by atomic mass is 32.2. The van der Waals surface area contributed by atoms with Gasteiger partial charge in [0.2, 0.25) is 5.91 Å². The predicted molar refractivity (Wildman–Crippen MR) is 98.3 cm³/mol. The van der Waals surface area contributed by atoms with Gasteiger partial charge in [-0.2, -0.15) is 4.31 Å². The maximum absolute atomic E-state index is 12.6. The Morgan fingerprint density at radius 2 is 1.78 bits per heavy atom. The Labute approximate surface area is 159 Å². The standard InChI is InChI=1S/C18H24N4O4S/c23-13-16(20-7-3-4-8-20)18(24)21-9-14(10-21)15-11-22(12-15)27(25,26)17-5-1-2-6-19-17/h1-2,5-6,16,23H,3-4,7-13H2. The lowest BCUT2D eigenvalue weighted by Crippen LogP contribution is -2.56. The van der Waals surface area contributed by atoms with E-state index in [2.05, 4.69) is 9.88 Å². The van der Waals surface area contributed by atoms with Gasteiger partial charge in [-0.1, -0.05) is 6.07 Å². The highest BCUT2D eigenvalue weighted by Crippen LogP contribution is 2.30. The van der Waals surface area contributed by atoms with Gasteiger partial charge in [0, 0.05) is 32.4 Å². The smallest absolute Gasteiger partial charge is 0.261 e. The number of likely N-dealkylation sites (tertiary alicyclic amines) is 2. The van der Waals surface area contributed by atoms with E-state index >= 15 is 0 Å². The number of carbonyl (C=O) groups excluding carboxylic acids is 1. The fraction of sp³-hybridized carbons (Fsp3) is 0.556. The number of aliphatic hydroxyl groups is 1. The summed E-state index contributed by atoms with van der Waals surface area (Å²) in [6.07, 6.45) is 3.61. The van der Waals surface area contributed by atoms with E-state index in [4.69, 9.17) is 0 Å². The molecule has 4 rings (SSSR count). The summed E-state index contributed by atoms with van der Waals surface area (Å²) in [5.41, 5.74) is 2.22. The molecule has 8 nitrogen and oxygen atoms in total. The molecule has 1 aromatic rings. The number of carbonyl (C=O) groups is 1. The summed E-state index contributed by atoms with van der Waals surface area (Å²) in [6, 6.07) is 4.40. The Hall–Kier alpha value is -1.81. The molecule has 0 aliphatic carbocycles. The number of sulfonamides is 1. The number of nitrogens with zero attached hydrogens (tertiary/aromatic N) is 4. The number of amides is 1. The van der Waals surface area contributed by atoms with E-state index in [0.29, 0.717) is 26.2 Å². The highest BCUT2D eigenvalue weighted by Gasteiger charge is 2.40. The summed E-state index contributed by atoms with van der Waals surface area (Å²) in [4.78, 5) is 20.3. The molecule has 1 aromatic heterocycles. The Bertz CT molecular complexity index is 833. The Morgan fingerprint density at radius 1 is 1.11 bits per heavy atom. The quantitative estimate of drug-likeness (QED) is 0.691. The fourth-order valence-corrected chi connectivity index (χ4v) is 5.17. The second-order valence-corrected chi connectivity index (χ2v) is 9.17. The number of pyridine rings is 1. The van der Waals surface area contributed by atoms with Crippen molar-refractivity contribution in [1.82, 2.24) is 19.1 Å². The molecule has 0 spiro atoms. The van der Waals surface area contributed by atoms with E-state index in [1.54, 1.807) is 17.0 Å². The maximum Gasteiger partial charge on any atom is 0.261 e. The molecule has 3 aliphatic rings. The first-order valence-electron chi connectivity index (χ1n) is 9.25. The van der Waals surface area contributed by atoms with Gasteiger partial charge in [-0.25, -0.2) is 13.4 Å². The van der Waals surface area contributed by atoms with Crippen LogP contribution in [0.1, 0.15) is 12.8 Å². The molecule has 0 aromatic carbocycles. The normalized spacial score (nSPS) is 22.5. The molecular weight excluding hydrogens is 368 g/mol. The Kier molecular flexibility index (Phi) is 5.02. The zero-order valence-corrected chi connectivity index (χ0v) is 15.9. The van der Waals surface area contributed by atoms with Gasteiger partial charge in [0.1, 0.15) is 6.04 Å². The highest BCUT2D eigenvalue weighted by molar-refractivity contribution is 7.89. The minimum atomic E-state index is -3.54. The summed E-state index contributed by atoms with van der Waals surface area (Å²) in [5.74, 6) is -0.0268. The van der Waals surface area contributed by atoms with Gasteiger partial charge in [0.25, 0.3) is 10.0 Å². The summed E-state index contributed by atoms with van der Waals surface area (Å²) in [6.45, 7) is 3.37. The first kappa shape index (κ1) is 18.5. The zero-order chi connectivity index (χ0) is 19.0. The van der Waals surface area contributed by atoms with Gasteiger partial charge in [0.15, 0.2) is 5.03 Å². The first-order valence-corrected chi connectivity index (χ1v) is 10.7. The molecule has 9 heteroatoms. The topological polar surface area (TPSA) is 94.0 Å². The SMILES string of the molecule is O=C(C(CO)N1CCCC1)N1CC(=C2CN(S(=O)(=O)c3ccccn3)C2)C1. The summed E-state index contributed by atoms with van der Waals surface area (Å²) < 4.78 is 26.4. The number of rotatable bonds is 5. The molecule has 3 fully saturated rings. The second kappa shape index (κ2) is 7.31. The van der Waals surface area contributed by atoms with E-state index in [0.717, 1.165) is 37.1 Å². The third-order valence-corrected chi connectivity index (χ3v) is 7.30. The molecular formula is C18H24N4O4S. The van der Waals surface area contributed by atoms with Crippen LogP contribution in [-0.2, 0) is 14.8 Å². The number of hydrogen-bond acceptors (Lipinski definition) is 6. The average molecular weight is 392 g/mol.